The third-order valence-electron chi connectivity index (χ3n) is 4.06. The van der Waals surface area contributed by atoms with Gasteiger partial charge in [0, 0.05) is 0 Å². The molecule has 3 heteroatoms. The summed E-state index contributed by atoms with van der Waals surface area (Å²) in [5.74, 6) is 1.48. The molecule has 3 nitrogen and oxygen atoms in total. The second-order valence-electron chi connectivity index (χ2n) is 5.63. The van der Waals surface area contributed by atoms with Crippen molar-refractivity contribution < 1.29 is 9.47 Å². The average Bonchev–Trinajstić information content (AvgIpc) is 2.65. The molecular weight excluding hydrogens is 298 g/mol. The number of rotatable bonds is 2. The second-order valence-corrected chi connectivity index (χ2v) is 5.63. The Kier molecular flexibility index (Phi) is 3.64. The molecule has 3 aromatic carbocycles. The standard InChI is InChI=1S/C21H15NO2/c22-14-19(18-7-6-16-3-1-2-4-17(16)13-18)11-15-5-8-20-21(12-15)24-10-9-23-20/h1-8,11-13H,9-10H2/b19-11-. The van der Waals surface area contributed by atoms with Crippen LogP contribution in [0.25, 0.3) is 22.4 Å². The van der Waals surface area contributed by atoms with Crippen LogP contribution in [-0.4, -0.2) is 13.2 Å². The van der Waals surface area contributed by atoms with Crippen LogP contribution in [0.3, 0.4) is 0 Å². The fraction of sp³-hybridized carbons (Fsp3) is 0.0952. The summed E-state index contributed by atoms with van der Waals surface area (Å²) >= 11 is 0. The van der Waals surface area contributed by atoms with E-state index in [0.29, 0.717) is 18.8 Å². The number of nitriles is 1. The Morgan fingerprint density at radius 2 is 1.67 bits per heavy atom. The lowest BCUT2D eigenvalue weighted by atomic mass is 10.00. The monoisotopic (exact) mass is 313 g/mol. The highest BCUT2D eigenvalue weighted by Gasteiger charge is 2.11. The molecule has 0 spiro atoms. The molecule has 0 fully saturated rings. The van der Waals surface area contributed by atoms with E-state index in [1.54, 1.807) is 0 Å². The highest BCUT2D eigenvalue weighted by molar-refractivity contribution is 5.94. The normalized spacial score (nSPS) is 13.5. The van der Waals surface area contributed by atoms with Crippen molar-refractivity contribution in [1.29, 1.82) is 5.26 Å². The van der Waals surface area contributed by atoms with E-state index in [4.69, 9.17) is 9.47 Å². The van der Waals surface area contributed by atoms with Crippen LogP contribution in [0, 0.1) is 11.3 Å². The van der Waals surface area contributed by atoms with Gasteiger partial charge in [-0.05, 0) is 46.2 Å². The lowest BCUT2D eigenvalue weighted by Crippen LogP contribution is -2.15. The summed E-state index contributed by atoms with van der Waals surface area (Å²) in [6, 6.07) is 22.2. The van der Waals surface area contributed by atoms with Crippen LogP contribution in [0.2, 0.25) is 0 Å². The number of nitrogens with zero attached hydrogens (tertiary/aromatic N) is 1. The van der Waals surface area contributed by atoms with Crippen molar-refractivity contribution in [3.8, 4) is 17.6 Å². The molecule has 0 aromatic heterocycles. The third kappa shape index (κ3) is 2.70. The number of ether oxygens (including phenoxy) is 2. The number of hydrogen-bond donors (Lipinski definition) is 0. The Labute approximate surface area is 140 Å². The number of fused-ring (bicyclic) bond motifs is 2. The predicted molar refractivity (Wildman–Crippen MR) is 94.9 cm³/mol. The molecule has 0 aliphatic carbocycles. The molecule has 116 valence electrons. The first-order valence-electron chi connectivity index (χ1n) is 7.84. The molecule has 0 saturated carbocycles. The molecule has 4 rings (SSSR count). The van der Waals surface area contributed by atoms with Crippen LogP contribution in [0.5, 0.6) is 11.5 Å². The first-order valence-corrected chi connectivity index (χ1v) is 7.84. The molecule has 24 heavy (non-hydrogen) atoms. The van der Waals surface area contributed by atoms with Crippen LogP contribution in [-0.2, 0) is 0 Å². The van der Waals surface area contributed by atoms with Crippen molar-refractivity contribution in [2.75, 3.05) is 13.2 Å². The molecule has 0 unspecified atom stereocenters. The summed E-state index contributed by atoms with van der Waals surface area (Å²) in [6.45, 7) is 1.12. The van der Waals surface area contributed by atoms with Crippen molar-refractivity contribution in [1.82, 2.24) is 0 Å². The Morgan fingerprint density at radius 1 is 0.875 bits per heavy atom. The SMILES string of the molecule is N#C/C(=C/c1ccc2c(c1)OCCO2)c1ccc2ccccc2c1. The lowest BCUT2D eigenvalue weighted by Gasteiger charge is -2.18. The highest BCUT2D eigenvalue weighted by atomic mass is 16.6. The van der Waals surface area contributed by atoms with Crippen LogP contribution in [0.4, 0.5) is 0 Å². The van der Waals surface area contributed by atoms with Crippen molar-refractivity contribution in [2.45, 2.75) is 0 Å². The Hall–Kier alpha value is -3.25. The Balaban J connectivity index is 1.74. The van der Waals surface area contributed by atoms with Gasteiger partial charge in [0.25, 0.3) is 0 Å². The maximum Gasteiger partial charge on any atom is 0.161 e. The van der Waals surface area contributed by atoms with Gasteiger partial charge in [0.05, 0.1) is 11.6 Å². The summed E-state index contributed by atoms with van der Waals surface area (Å²) in [5, 5.41) is 11.9. The van der Waals surface area contributed by atoms with Gasteiger partial charge in [0.2, 0.25) is 0 Å². The van der Waals surface area contributed by atoms with E-state index in [2.05, 4.69) is 18.2 Å². The molecule has 1 aliphatic heterocycles. The molecule has 1 aliphatic rings. The van der Waals surface area contributed by atoms with E-state index in [1.165, 1.54) is 0 Å². The summed E-state index contributed by atoms with van der Waals surface area (Å²) in [5.41, 5.74) is 2.45. The minimum absolute atomic E-state index is 0.552. The number of hydrogen-bond acceptors (Lipinski definition) is 3. The highest BCUT2D eigenvalue weighted by Crippen LogP contribution is 2.32. The smallest absolute Gasteiger partial charge is 0.161 e. The molecule has 0 bridgehead atoms. The van der Waals surface area contributed by atoms with E-state index in [1.807, 2.05) is 54.6 Å². The molecular formula is C21H15NO2. The van der Waals surface area contributed by atoms with E-state index < -0.39 is 0 Å². The Morgan fingerprint density at radius 3 is 2.50 bits per heavy atom. The third-order valence-corrected chi connectivity index (χ3v) is 4.06. The molecule has 0 atom stereocenters. The maximum absolute atomic E-state index is 9.58. The van der Waals surface area contributed by atoms with Crippen molar-refractivity contribution in [2.24, 2.45) is 0 Å². The number of allylic oxidation sites excluding steroid dienone is 1. The Bertz CT molecular complexity index is 983. The first kappa shape index (κ1) is 14.3. The van der Waals surface area contributed by atoms with Crippen LogP contribution >= 0.6 is 0 Å². The van der Waals surface area contributed by atoms with Gasteiger partial charge in [0.15, 0.2) is 11.5 Å². The first-order chi connectivity index (χ1) is 11.8. The fourth-order valence-corrected chi connectivity index (χ4v) is 2.85. The fourth-order valence-electron chi connectivity index (χ4n) is 2.85. The number of benzene rings is 3. The van der Waals surface area contributed by atoms with Gasteiger partial charge in [-0.2, -0.15) is 5.26 Å². The zero-order valence-electron chi connectivity index (χ0n) is 13.0. The molecule has 0 amide bonds. The van der Waals surface area contributed by atoms with Crippen LogP contribution in [0.1, 0.15) is 11.1 Å². The summed E-state index contributed by atoms with van der Waals surface area (Å²) in [6.07, 6.45) is 1.88. The van der Waals surface area contributed by atoms with Gasteiger partial charge in [-0.15, -0.1) is 0 Å². The van der Waals surface area contributed by atoms with Crippen LogP contribution in [0.15, 0.2) is 60.7 Å². The summed E-state index contributed by atoms with van der Waals surface area (Å²) < 4.78 is 11.1. The van der Waals surface area contributed by atoms with Gasteiger partial charge in [-0.3, -0.25) is 0 Å². The minimum atomic E-state index is 0.552. The molecule has 0 N–H and O–H groups in total. The quantitative estimate of drug-likeness (QED) is 0.510. The van der Waals surface area contributed by atoms with E-state index in [-0.39, 0.29) is 0 Å². The van der Waals surface area contributed by atoms with Crippen molar-refractivity contribution >= 4 is 22.4 Å². The average molecular weight is 313 g/mol. The van der Waals surface area contributed by atoms with Gasteiger partial charge in [0.1, 0.15) is 13.2 Å². The van der Waals surface area contributed by atoms with Gasteiger partial charge in [-0.1, -0.05) is 42.5 Å². The van der Waals surface area contributed by atoms with E-state index in [0.717, 1.165) is 33.4 Å². The van der Waals surface area contributed by atoms with Crippen LogP contribution < -0.4 is 9.47 Å². The lowest BCUT2D eigenvalue weighted by molar-refractivity contribution is 0.171. The van der Waals surface area contributed by atoms with Gasteiger partial charge < -0.3 is 9.47 Å². The van der Waals surface area contributed by atoms with E-state index >= 15 is 0 Å². The van der Waals surface area contributed by atoms with Crippen molar-refractivity contribution in [3.63, 3.8) is 0 Å². The van der Waals surface area contributed by atoms with Gasteiger partial charge >= 0.3 is 0 Å². The second kappa shape index (κ2) is 6.10. The molecule has 3 aromatic rings. The topological polar surface area (TPSA) is 42.2 Å². The maximum atomic E-state index is 9.58. The van der Waals surface area contributed by atoms with Gasteiger partial charge in [-0.25, -0.2) is 0 Å². The van der Waals surface area contributed by atoms with Crippen molar-refractivity contribution in [3.05, 3.63) is 71.8 Å². The summed E-state index contributed by atoms with van der Waals surface area (Å²) in [7, 11) is 0. The zero-order valence-corrected chi connectivity index (χ0v) is 13.0. The largest absolute Gasteiger partial charge is 0.486 e. The minimum Gasteiger partial charge on any atom is -0.486 e. The van der Waals surface area contributed by atoms with E-state index in [9.17, 15) is 5.26 Å². The molecule has 1 heterocycles. The summed E-state index contributed by atoms with van der Waals surface area (Å²) in [4.78, 5) is 0. The zero-order chi connectivity index (χ0) is 16.4. The molecule has 0 radical (unpaired) electrons. The predicted octanol–water partition coefficient (Wildman–Crippen LogP) is 4.68. The molecule has 0 saturated heterocycles.